The van der Waals surface area contributed by atoms with E-state index in [1.165, 1.54) is 0 Å². The van der Waals surface area contributed by atoms with E-state index in [2.05, 4.69) is 0 Å². The molecule has 1 aromatic carbocycles. The number of phenols is 1. The zero-order chi connectivity index (χ0) is 11.6. The highest BCUT2D eigenvalue weighted by molar-refractivity contribution is 6.33. The predicted octanol–water partition coefficient (Wildman–Crippen LogP) is 2.55. The van der Waals surface area contributed by atoms with Gasteiger partial charge in [-0.2, -0.15) is 13.2 Å². The maximum Gasteiger partial charge on any atom is 0.471 e. The topological polar surface area (TPSA) is 49.3 Å². The van der Waals surface area contributed by atoms with Gasteiger partial charge in [-0.1, -0.05) is 11.6 Å². The van der Waals surface area contributed by atoms with E-state index in [1.54, 1.807) is 5.32 Å². The van der Waals surface area contributed by atoms with Crippen LogP contribution in [-0.2, 0) is 4.79 Å². The summed E-state index contributed by atoms with van der Waals surface area (Å²) in [5.74, 6) is -2.32. The minimum atomic E-state index is -4.97. The number of carbonyl (C=O) groups is 1. The summed E-state index contributed by atoms with van der Waals surface area (Å²) in [6.45, 7) is 0. The van der Waals surface area contributed by atoms with E-state index in [1.807, 2.05) is 0 Å². The van der Waals surface area contributed by atoms with Gasteiger partial charge in [-0.25, -0.2) is 0 Å². The van der Waals surface area contributed by atoms with Gasteiger partial charge in [0.25, 0.3) is 0 Å². The van der Waals surface area contributed by atoms with Gasteiger partial charge in [0.1, 0.15) is 5.75 Å². The maximum absolute atomic E-state index is 11.8. The van der Waals surface area contributed by atoms with Crippen molar-refractivity contribution in [2.75, 3.05) is 5.32 Å². The molecule has 1 amide bonds. The number of rotatable bonds is 1. The average molecular weight is 240 g/mol. The molecule has 3 nitrogen and oxygen atoms in total. The number of carbonyl (C=O) groups excluding carboxylic acids is 1. The van der Waals surface area contributed by atoms with E-state index in [4.69, 9.17) is 16.7 Å². The molecule has 1 aromatic rings. The van der Waals surface area contributed by atoms with Crippen LogP contribution >= 0.6 is 11.6 Å². The number of hydrogen-bond donors (Lipinski definition) is 2. The number of aromatic hydroxyl groups is 1. The quantitative estimate of drug-likeness (QED) is 0.740. The van der Waals surface area contributed by atoms with Crippen molar-refractivity contribution in [2.45, 2.75) is 6.18 Å². The highest BCUT2D eigenvalue weighted by atomic mass is 35.5. The third-order valence-electron chi connectivity index (χ3n) is 1.46. The zero-order valence-corrected chi connectivity index (χ0v) is 7.86. The second-order valence-corrected chi connectivity index (χ2v) is 3.02. The fourth-order valence-corrected chi connectivity index (χ4v) is 1.02. The number of phenolic OH excluding ortho intramolecular Hbond substituents is 1. The molecule has 0 heterocycles. The Bertz CT molecular complexity index is 392. The summed E-state index contributed by atoms with van der Waals surface area (Å²) in [4.78, 5) is 10.5. The van der Waals surface area contributed by atoms with E-state index in [9.17, 15) is 18.0 Å². The van der Waals surface area contributed by atoms with Crippen molar-refractivity contribution in [3.63, 3.8) is 0 Å². The normalized spacial score (nSPS) is 11.2. The Labute approximate surface area is 87.5 Å². The van der Waals surface area contributed by atoms with Crippen LogP contribution in [0, 0.1) is 0 Å². The van der Waals surface area contributed by atoms with Crippen molar-refractivity contribution >= 4 is 23.2 Å². The number of alkyl halides is 3. The summed E-state index contributed by atoms with van der Waals surface area (Å²) >= 11 is 5.48. The van der Waals surface area contributed by atoms with Crippen LogP contribution in [0.25, 0.3) is 0 Å². The molecule has 1 rings (SSSR count). The molecule has 82 valence electrons. The summed E-state index contributed by atoms with van der Waals surface area (Å²) in [5, 5.41) is 10.3. The van der Waals surface area contributed by atoms with Gasteiger partial charge in [-0.15, -0.1) is 0 Å². The Morgan fingerprint density at radius 1 is 1.40 bits per heavy atom. The van der Waals surface area contributed by atoms with E-state index in [0.717, 1.165) is 18.2 Å². The third kappa shape index (κ3) is 3.02. The summed E-state index contributed by atoms with van der Waals surface area (Å²) in [6.07, 6.45) is -4.97. The smallest absolute Gasteiger partial charge is 0.471 e. The number of hydrogen-bond acceptors (Lipinski definition) is 2. The molecule has 0 aliphatic rings. The molecule has 0 aliphatic carbocycles. The monoisotopic (exact) mass is 239 g/mol. The lowest BCUT2D eigenvalue weighted by Crippen LogP contribution is -2.29. The average Bonchev–Trinajstić information content (AvgIpc) is 2.08. The third-order valence-corrected chi connectivity index (χ3v) is 1.77. The van der Waals surface area contributed by atoms with E-state index in [0.29, 0.717) is 0 Å². The number of amides is 1. The van der Waals surface area contributed by atoms with Crippen molar-refractivity contribution in [1.82, 2.24) is 0 Å². The molecule has 0 spiro atoms. The maximum atomic E-state index is 11.8. The first kappa shape index (κ1) is 11.6. The lowest BCUT2D eigenvalue weighted by molar-refractivity contribution is -0.167. The minimum absolute atomic E-state index is 0.174. The lowest BCUT2D eigenvalue weighted by atomic mass is 10.3. The number of anilines is 1. The predicted molar refractivity (Wildman–Crippen MR) is 47.8 cm³/mol. The molecule has 0 bridgehead atoms. The highest BCUT2D eigenvalue weighted by Gasteiger charge is 2.38. The Hall–Kier alpha value is -1.43. The fraction of sp³-hybridized carbons (Fsp3) is 0.125. The fourth-order valence-electron chi connectivity index (χ4n) is 0.799. The molecule has 0 saturated carbocycles. The first-order valence-electron chi connectivity index (χ1n) is 3.67. The number of halogens is 4. The molecular formula is C8H5ClF3NO2. The van der Waals surface area contributed by atoms with Crippen LogP contribution in [0.4, 0.5) is 18.9 Å². The molecule has 0 aromatic heterocycles. The molecule has 2 N–H and O–H groups in total. The van der Waals surface area contributed by atoms with Crippen molar-refractivity contribution in [3.8, 4) is 5.75 Å². The Kier molecular flexibility index (Phi) is 3.09. The van der Waals surface area contributed by atoms with Crippen LogP contribution < -0.4 is 5.32 Å². The van der Waals surface area contributed by atoms with Gasteiger partial charge in [-0.05, 0) is 12.1 Å². The van der Waals surface area contributed by atoms with Gasteiger partial charge in [-0.3, -0.25) is 4.79 Å². The highest BCUT2D eigenvalue weighted by Crippen LogP contribution is 2.27. The molecule has 0 aliphatic heterocycles. The molecule has 0 saturated heterocycles. The summed E-state index contributed by atoms with van der Waals surface area (Å²) in [7, 11) is 0. The van der Waals surface area contributed by atoms with Crippen molar-refractivity contribution in [3.05, 3.63) is 23.2 Å². The molecule has 0 atom stereocenters. The Morgan fingerprint density at radius 2 is 2.00 bits per heavy atom. The van der Waals surface area contributed by atoms with Crippen LogP contribution in [0.1, 0.15) is 0 Å². The zero-order valence-electron chi connectivity index (χ0n) is 7.10. The van der Waals surface area contributed by atoms with Crippen molar-refractivity contribution < 1.29 is 23.1 Å². The van der Waals surface area contributed by atoms with Crippen LogP contribution in [0.5, 0.6) is 5.75 Å². The Morgan fingerprint density at radius 3 is 2.47 bits per heavy atom. The van der Waals surface area contributed by atoms with E-state index >= 15 is 0 Å². The molecule has 0 radical (unpaired) electrons. The molecule has 15 heavy (non-hydrogen) atoms. The first-order valence-corrected chi connectivity index (χ1v) is 4.05. The van der Waals surface area contributed by atoms with E-state index in [-0.39, 0.29) is 16.5 Å². The second-order valence-electron chi connectivity index (χ2n) is 2.62. The van der Waals surface area contributed by atoms with Crippen LogP contribution in [0.15, 0.2) is 18.2 Å². The molecule has 7 heteroatoms. The Balaban J connectivity index is 2.87. The minimum Gasteiger partial charge on any atom is -0.508 e. The van der Waals surface area contributed by atoms with Gasteiger partial charge in [0.2, 0.25) is 0 Å². The van der Waals surface area contributed by atoms with Gasteiger partial charge in [0.05, 0.1) is 10.7 Å². The van der Waals surface area contributed by atoms with Gasteiger partial charge in [0, 0.05) is 6.07 Å². The molecule has 0 unspecified atom stereocenters. The SMILES string of the molecule is O=C(Nc1ccc(O)cc1Cl)C(F)(F)F. The molecule has 0 fully saturated rings. The van der Waals surface area contributed by atoms with Gasteiger partial charge < -0.3 is 10.4 Å². The van der Waals surface area contributed by atoms with Gasteiger partial charge in [0.15, 0.2) is 0 Å². The summed E-state index contributed by atoms with van der Waals surface area (Å²) < 4.78 is 35.5. The van der Waals surface area contributed by atoms with Crippen LogP contribution in [0.3, 0.4) is 0 Å². The van der Waals surface area contributed by atoms with Crippen LogP contribution in [-0.4, -0.2) is 17.2 Å². The van der Waals surface area contributed by atoms with Crippen LogP contribution in [0.2, 0.25) is 5.02 Å². The molecular weight excluding hydrogens is 235 g/mol. The second kappa shape index (κ2) is 3.98. The lowest BCUT2D eigenvalue weighted by Gasteiger charge is -2.09. The largest absolute Gasteiger partial charge is 0.508 e. The summed E-state index contributed by atoms with van der Waals surface area (Å²) in [6, 6.07) is 3.20. The number of nitrogens with one attached hydrogen (secondary N) is 1. The summed E-state index contributed by atoms with van der Waals surface area (Å²) in [5.41, 5.74) is -0.211. The van der Waals surface area contributed by atoms with E-state index < -0.39 is 12.1 Å². The van der Waals surface area contributed by atoms with Crippen molar-refractivity contribution in [2.24, 2.45) is 0 Å². The van der Waals surface area contributed by atoms with Crippen molar-refractivity contribution in [1.29, 1.82) is 0 Å². The number of benzene rings is 1. The standard InChI is InChI=1S/C8H5ClF3NO2/c9-5-3-4(14)1-2-6(5)13-7(15)8(10,11)12/h1-3,14H,(H,13,15). The van der Waals surface area contributed by atoms with Gasteiger partial charge >= 0.3 is 12.1 Å². The first-order chi connectivity index (χ1) is 6.80.